The van der Waals surface area contributed by atoms with Crippen LogP contribution in [-0.4, -0.2) is 25.4 Å². The standard InChI is InChI=1S/C17H28O2/c1-16(2,18-5)15(17(3,4)19-6)13-12-14-10-8-7-9-11-14/h7-11,15H,12-13H2,1-6H3. The maximum Gasteiger partial charge on any atom is 0.0678 e. The van der Waals surface area contributed by atoms with E-state index in [0.717, 1.165) is 12.8 Å². The molecule has 0 N–H and O–H groups in total. The summed E-state index contributed by atoms with van der Waals surface area (Å²) in [5, 5.41) is 0. The molecule has 0 unspecified atom stereocenters. The van der Waals surface area contributed by atoms with E-state index in [-0.39, 0.29) is 11.2 Å². The Morgan fingerprint density at radius 1 is 0.895 bits per heavy atom. The monoisotopic (exact) mass is 264 g/mol. The van der Waals surface area contributed by atoms with Crippen LogP contribution in [0.1, 0.15) is 39.7 Å². The smallest absolute Gasteiger partial charge is 0.0678 e. The van der Waals surface area contributed by atoms with Gasteiger partial charge < -0.3 is 9.47 Å². The van der Waals surface area contributed by atoms with Gasteiger partial charge in [0, 0.05) is 20.1 Å². The zero-order chi connectivity index (χ0) is 14.5. The Kier molecular flexibility index (Phi) is 5.57. The molecule has 1 aromatic rings. The maximum absolute atomic E-state index is 5.70. The minimum atomic E-state index is -0.200. The summed E-state index contributed by atoms with van der Waals surface area (Å²) in [6.45, 7) is 8.57. The molecule has 0 aliphatic carbocycles. The minimum Gasteiger partial charge on any atom is -0.378 e. The van der Waals surface area contributed by atoms with E-state index in [0.29, 0.717) is 5.92 Å². The molecule has 0 aromatic heterocycles. The number of hydrogen-bond donors (Lipinski definition) is 0. The van der Waals surface area contributed by atoms with Crippen LogP contribution in [0, 0.1) is 5.92 Å². The summed E-state index contributed by atoms with van der Waals surface area (Å²) in [5.41, 5.74) is 0.967. The van der Waals surface area contributed by atoms with E-state index in [1.54, 1.807) is 14.2 Å². The molecule has 0 heterocycles. The second-order valence-electron chi connectivity index (χ2n) is 6.19. The number of methoxy groups -OCH3 is 2. The van der Waals surface area contributed by atoms with Gasteiger partial charge in [-0.2, -0.15) is 0 Å². The van der Waals surface area contributed by atoms with Gasteiger partial charge in [0.15, 0.2) is 0 Å². The molecule has 0 aliphatic rings. The van der Waals surface area contributed by atoms with Crippen LogP contribution in [0.5, 0.6) is 0 Å². The predicted octanol–water partition coefficient (Wildman–Crippen LogP) is 4.09. The van der Waals surface area contributed by atoms with Crippen molar-refractivity contribution in [2.45, 2.75) is 51.7 Å². The second-order valence-corrected chi connectivity index (χ2v) is 6.19. The van der Waals surface area contributed by atoms with Crippen molar-refractivity contribution in [1.82, 2.24) is 0 Å². The highest BCUT2D eigenvalue weighted by Crippen LogP contribution is 2.36. The van der Waals surface area contributed by atoms with Crippen LogP contribution in [0.4, 0.5) is 0 Å². The molecular formula is C17H28O2. The zero-order valence-electron chi connectivity index (χ0n) is 13.2. The van der Waals surface area contributed by atoms with Crippen molar-refractivity contribution in [2.24, 2.45) is 5.92 Å². The Hall–Kier alpha value is -0.860. The average molecular weight is 264 g/mol. The topological polar surface area (TPSA) is 18.5 Å². The first kappa shape index (κ1) is 16.2. The lowest BCUT2D eigenvalue weighted by atomic mass is 9.75. The fourth-order valence-corrected chi connectivity index (χ4v) is 2.77. The number of ether oxygens (including phenoxy) is 2. The molecule has 19 heavy (non-hydrogen) atoms. The SMILES string of the molecule is COC(C)(C)C(CCc1ccccc1)C(C)(C)OC. The van der Waals surface area contributed by atoms with Crippen molar-refractivity contribution < 1.29 is 9.47 Å². The Morgan fingerprint density at radius 3 is 1.79 bits per heavy atom. The van der Waals surface area contributed by atoms with Gasteiger partial charge in [-0.25, -0.2) is 0 Å². The number of aryl methyl sites for hydroxylation is 1. The molecule has 0 atom stereocenters. The third-order valence-corrected chi connectivity index (χ3v) is 4.30. The van der Waals surface area contributed by atoms with Crippen LogP contribution >= 0.6 is 0 Å². The molecule has 108 valence electrons. The highest BCUT2D eigenvalue weighted by atomic mass is 16.5. The quantitative estimate of drug-likeness (QED) is 0.738. The molecule has 0 fully saturated rings. The van der Waals surface area contributed by atoms with Gasteiger partial charge in [-0.3, -0.25) is 0 Å². The van der Waals surface area contributed by atoms with Crippen molar-refractivity contribution in [3.05, 3.63) is 35.9 Å². The molecule has 0 spiro atoms. The largest absolute Gasteiger partial charge is 0.378 e. The van der Waals surface area contributed by atoms with Crippen molar-refractivity contribution in [3.63, 3.8) is 0 Å². The van der Waals surface area contributed by atoms with E-state index in [1.807, 2.05) is 0 Å². The molecular weight excluding hydrogens is 236 g/mol. The third kappa shape index (κ3) is 4.32. The Labute approximate surface area is 118 Å². The van der Waals surface area contributed by atoms with E-state index in [2.05, 4.69) is 58.0 Å². The van der Waals surface area contributed by atoms with Crippen LogP contribution in [0.25, 0.3) is 0 Å². The first-order chi connectivity index (χ1) is 8.83. The predicted molar refractivity (Wildman–Crippen MR) is 80.4 cm³/mol. The molecule has 0 saturated carbocycles. The summed E-state index contributed by atoms with van der Waals surface area (Å²) in [6, 6.07) is 10.6. The van der Waals surface area contributed by atoms with E-state index < -0.39 is 0 Å². The Bertz CT molecular complexity index is 352. The number of rotatable bonds is 7. The van der Waals surface area contributed by atoms with Gasteiger partial charge in [-0.05, 0) is 46.1 Å². The highest BCUT2D eigenvalue weighted by molar-refractivity contribution is 5.15. The van der Waals surface area contributed by atoms with Crippen molar-refractivity contribution >= 4 is 0 Å². The fourth-order valence-electron chi connectivity index (χ4n) is 2.77. The summed E-state index contributed by atoms with van der Waals surface area (Å²) in [6.07, 6.45) is 2.09. The molecule has 2 nitrogen and oxygen atoms in total. The maximum atomic E-state index is 5.70. The first-order valence-electron chi connectivity index (χ1n) is 6.97. The fraction of sp³-hybridized carbons (Fsp3) is 0.647. The zero-order valence-corrected chi connectivity index (χ0v) is 13.2. The minimum absolute atomic E-state index is 0.200. The van der Waals surface area contributed by atoms with Gasteiger partial charge in [0.25, 0.3) is 0 Å². The third-order valence-electron chi connectivity index (χ3n) is 4.30. The lowest BCUT2D eigenvalue weighted by Gasteiger charge is -2.43. The van der Waals surface area contributed by atoms with E-state index >= 15 is 0 Å². The molecule has 2 heteroatoms. The molecule has 1 aromatic carbocycles. The highest BCUT2D eigenvalue weighted by Gasteiger charge is 2.40. The number of hydrogen-bond acceptors (Lipinski definition) is 2. The molecule has 0 aliphatic heterocycles. The normalized spacial score (nSPS) is 13.0. The molecule has 0 radical (unpaired) electrons. The molecule has 1 rings (SSSR count). The van der Waals surface area contributed by atoms with E-state index in [9.17, 15) is 0 Å². The van der Waals surface area contributed by atoms with E-state index in [1.165, 1.54) is 5.56 Å². The first-order valence-corrected chi connectivity index (χ1v) is 6.97. The lowest BCUT2D eigenvalue weighted by Crippen LogP contribution is -2.47. The Morgan fingerprint density at radius 2 is 1.37 bits per heavy atom. The van der Waals surface area contributed by atoms with Gasteiger partial charge in [0.2, 0.25) is 0 Å². The van der Waals surface area contributed by atoms with Gasteiger partial charge in [0.05, 0.1) is 11.2 Å². The van der Waals surface area contributed by atoms with Crippen LogP contribution < -0.4 is 0 Å². The van der Waals surface area contributed by atoms with E-state index in [4.69, 9.17) is 9.47 Å². The average Bonchev–Trinajstić information content (AvgIpc) is 2.39. The van der Waals surface area contributed by atoms with Crippen molar-refractivity contribution in [2.75, 3.05) is 14.2 Å². The van der Waals surface area contributed by atoms with Crippen LogP contribution in [0.2, 0.25) is 0 Å². The van der Waals surface area contributed by atoms with Gasteiger partial charge in [-0.1, -0.05) is 30.3 Å². The van der Waals surface area contributed by atoms with Crippen LogP contribution in [0.15, 0.2) is 30.3 Å². The molecule has 0 saturated heterocycles. The lowest BCUT2D eigenvalue weighted by molar-refractivity contribution is -0.128. The summed E-state index contributed by atoms with van der Waals surface area (Å²) in [7, 11) is 3.56. The summed E-state index contributed by atoms with van der Waals surface area (Å²) in [5.74, 6) is 0.329. The van der Waals surface area contributed by atoms with Crippen molar-refractivity contribution in [1.29, 1.82) is 0 Å². The summed E-state index contributed by atoms with van der Waals surface area (Å²) < 4.78 is 11.4. The Balaban J connectivity index is 2.81. The summed E-state index contributed by atoms with van der Waals surface area (Å²) in [4.78, 5) is 0. The van der Waals surface area contributed by atoms with Gasteiger partial charge >= 0.3 is 0 Å². The molecule has 0 amide bonds. The molecule has 0 bridgehead atoms. The van der Waals surface area contributed by atoms with Gasteiger partial charge in [-0.15, -0.1) is 0 Å². The van der Waals surface area contributed by atoms with Crippen LogP contribution in [0.3, 0.4) is 0 Å². The number of benzene rings is 1. The summed E-state index contributed by atoms with van der Waals surface area (Å²) >= 11 is 0. The van der Waals surface area contributed by atoms with Gasteiger partial charge in [0.1, 0.15) is 0 Å². The second kappa shape index (κ2) is 6.53. The van der Waals surface area contributed by atoms with Crippen LogP contribution in [-0.2, 0) is 15.9 Å². The van der Waals surface area contributed by atoms with Crippen molar-refractivity contribution in [3.8, 4) is 0 Å².